The second-order valence-corrected chi connectivity index (χ2v) is 8.77. The molecule has 0 rings (SSSR count). The lowest BCUT2D eigenvalue weighted by Crippen LogP contribution is -3.00. The molecule has 0 saturated heterocycles. The molecule has 0 aliphatic carbocycles. The summed E-state index contributed by atoms with van der Waals surface area (Å²) in [5.74, 6) is 0.256. The molecule has 0 heterocycles. The van der Waals surface area contributed by atoms with Crippen LogP contribution in [0.4, 0.5) is 0 Å². The van der Waals surface area contributed by atoms with Gasteiger partial charge in [0.2, 0.25) is 0 Å². The predicted molar refractivity (Wildman–Crippen MR) is 121 cm³/mol. The van der Waals surface area contributed by atoms with Crippen LogP contribution in [0.3, 0.4) is 0 Å². The second-order valence-electron chi connectivity index (χ2n) is 8.77. The molecule has 0 aromatic heterocycles. The molecule has 2 nitrogen and oxygen atoms in total. The number of carbonyl (C=O) groups is 1. The van der Waals surface area contributed by atoms with Crippen LogP contribution in [-0.2, 0) is 4.79 Å². The topological polar surface area (TPSA) is 17.1 Å². The first-order valence-electron chi connectivity index (χ1n) is 12.0. The van der Waals surface area contributed by atoms with Crippen molar-refractivity contribution in [1.29, 1.82) is 0 Å². The van der Waals surface area contributed by atoms with E-state index in [1.807, 2.05) is 13.1 Å². The highest BCUT2D eigenvalue weighted by molar-refractivity contribution is 5.65. The summed E-state index contributed by atoms with van der Waals surface area (Å²) in [4.78, 5) is 11.8. The van der Waals surface area contributed by atoms with Gasteiger partial charge in [-0.05, 0) is 18.9 Å². The molecule has 1 atom stereocenters. The molecule has 0 radical (unpaired) electrons. The molecule has 1 unspecified atom stereocenters. The van der Waals surface area contributed by atoms with Gasteiger partial charge in [-0.15, -0.1) is 0 Å². The van der Waals surface area contributed by atoms with Crippen molar-refractivity contribution in [3.05, 3.63) is 12.7 Å². The molecule has 0 aromatic rings. The standard InChI is InChI=1S/C25H50NO.ClH/c1-5-7-8-9-10-11-12-13-14-15-16-17-18-19-20-21-22-24-26(4,23-6-2)25(3)27;/h6H,2,5,7-24H2,1,3-4H3;1H/q+1;/p-1. The van der Waals surface area contributed by atoms with Crippen molar-refractivity contribution < 1.29 is 21.7 Å². The van der Waals surface area contributed by atoms with Gasteiger partial charge in [-0.3, -0.25) is 4.48 Å². The molecule has 168 valence electrons. The molecule has 0 aliphatic heterocycles. The fraction of sp³-hybridized carbons (Fsp3) is 0.880. The van der Waals surface area contributed by atoms with Crippen molar-refractivity contribution in [1.82, 2.24) is 0 Å². The van der Waals surface area contributed by atoms with Gasteiger partial charge in [-0.25, -0.2) is 4.79 Å². The Kier molecular flexibility index (Phi) is 22.8. The lowest BCUT2D eigenvalue weighted by atomic mass is 10.0. The number of likely N-dealkylation sites (N-methyl/N-ethyl adjacent to an activating group) is 1. The number of amides is 1. The van der Waals surface area contributed by atoms with Crippen LogP contribution in [0.1, 0.15) is 123 Å². The number of halogens is 1. The maximum atomic E-state index is 11.8. The average molecular weight is 416 g/mol. The Morgan fingerprint density at radius 1 is 0.714 bits per heavy atom. The van der Waals surface area contributed by atoms with Gasteiger partial charge in [0.25, 0.3) is 0 Å². The number of hydrogen-bond acceptors (Lipinski definition) is 1. The summed E-state index contributed by atoms with van der Waals surface area (Å²) < 4.78 is 0.516. The van der Waals surface area contributed by atoms with E-state index in [2.05, 4.69) is 13.5 Å². The number of unbranched alkanes of at least 4 members (excludes halogenated alkanes) is 16. The van der Waals surface area contributed by atoms with Crippen LogP contribution >= 0.6 is 0 Å². The van der Waals surface area contributed by atoms with E-state index in [0.29, 0.717) is 4.48 Å². The Labute approximate surface area is 183 Å². The van der Waals surface area contributed by atoms with Crippen molar-refractivity contribution in [2.24, 2.45) is 0 Å². The quantitative estimate of drug-likeness (QED) is 0.158. The van der Waals surface area contributed by atoms with Crippen molar-refractivity contribution in [2.75, 3.05) is 20.1 Å². The predicted octanol–water partition coefficient (Wildman–Crippen LogP) is 4.82. The fourth-order valence-corrected chi connectivity index (χ4v) is 3.85. The van der Waals surface area contributed by atoms with Crippen LogP contribution in [0.15, 0.2) is 12.7 Å². The number of carbonyl (C=O) groups excluding carboxylic acids is 1. The summed E-state index contributed by atoms with van der Waals surface area (Å²) in [6.07, 6.45) is 25.6. The summed E-state index contributed by atoms with van der Waals surface area (Å²) in [6.45, 7) is 9.50. The first-order chi connectivity index (χ1) is 13.1. The molecule has 0 spiro atoms. The molecule has 0 fully saturated rings. The smallest absolute Gasteiger partial charge is 0.310 e. The van der Waals surface area contributed by atoms with E-state index in [4.69, 9.17) is 0 Å². The van der Waals surface area contributed by atoms with Crippen molar-refractivity contribution in [3.8, 4) is 0 Å². The lowest BCUT2D eigenvalue weighted by Gasteiger charge is -2.29. The fourth-order valence-electron chi connectivity index (χ4n) is 3.85. The van der Waals surface area contributed by atoms with Crippen LogP contribution in [0, 0.1) is 0 Å². The number of rotatable bonds is 20. The van der Waals surface area contributed by atoms with Crippen molar-refractivity contribution in [3.63, 3.8) is 0 Å². The molecule has 0 aromatic carbocycles. The number of quaternary nitrogens is 1. The molecule has 0 saturated carbocycles. The van der Waals surface area contributed by atoms with Crippen LogP contribution in [0.25, 0.3) is 0 Å². The first kappa shape index (κ1) is 29.9. The molecule has 28 heavy (non-hydrogen) atoms. The van der Waals surface area contributed by atoms with Gasteiger partial charge in [0, 0.05) is 0 Å². The summed E-state index contributed by atoms with van der Waals surface area (Å²) in [6, 6.07) is 0. The number of hydrogen-bond donors (Lipinski definition) is 0. The van der Waals surface area contributed by atoms with E-state index in [-0.39, 0.29) is 18.3 Å². The minimum atomic E-state index is 0. The van der Waals surface area contributed by atoms with E-state index < -0.39 is 0 Å². The van der Waals surface area contributed by atoms with E-state index in [1.54, 1.807) is 6.92 Å². The minimum absolute atomic E-state index is 0. The Balaban J connectivity index is 0. The third-order valence-electron chi connectivity index (χ3n) is 6.05. The lowest BCUT2D eigenvalue weighted by molar-refractivity contribution is -0.828. The van der Waals surface area contributed by atoms with Gasteiger partial charge in [-0.2, -0.15) is 0 Å². The third-order valence-corrected chi connectivity index (χ3v) is 6.05. The van der Waals surface area contributed by atoms with Gasteiger partial charge < -0.3 is 12.4 Å². The monoisotopic (exact) mass is 415 g/mol. The van der Waals surface area contributed by atoms with Crippen LogP contribution < -0.4 is 12.4 Å². The normalized spacial score (nSPS) is 13.0. The molecule has 3 heteroatoms. The summed E-state index contributed by atoms with van der Waals surface area (Å²) in [5.41, 5.74) is 0. The van der Waals surface area contributed by atoms with Gasteiger partial charge >= 0.3 is 5.91 Å². The Hall–Kier alpha value is -0.340. The maximum Gasteiger partial charge on any atom is 0.310 e. The van der Waals surface area contributed by atoms with Crippen molar-refractivity contribution in [2.45, 2.75) is 123 Å². The Morgan fingerprint density at radius 3 is 1.32 bits per heavy atom. The minimum Gasteiger partial charge on any atom is -1.00 e. The van der Waals surface area contributed by atoms with Gasteiger partial charge in [0.05, 0.1) is 20.5 Å². The molecule has 1 amide bonds. The average Bonchev–Trinajstić information content (AvgIpc) is 2.64. The van der Waals surface area contributed by atoms with E-state index >= 15 is 0 Å². The summed E-state index contributed by atoms with van der Waals surface area (Å²) >= 11 is 0. The highest BCUT2D eigenvalue weighted by Gasteiger charge is 2.25. The molecule has 0 aliphatic rings. The van der Waals surface area contributed by atoms with E-state index in [0.717, 1.165) is 19.5 Å². The third kappa shape index (κ3) is 17.7. The Bertz CT molecular complexity index is 358. The van der Waals surface area contributed by atoms with E-state index in [9.17, 15) is 4.79 Å². The SMILES string of the molecule is C=CC[N+](C)(CCCCCCCCCCCCCCCCCCC)C(C)=O.[Cl-]. The maximum absolute atomic E-state index is 11.8. The highest BCUT2D eigenvalue weighted by Crippen LogP contribution is 2.15. The number of nitrogens with zero attached hydrogens (tertiary/aromatic N) is 1. The zero-order valence-corrected chi connectivity index (χ0v) is 20.2. The summed E-state index contributed by atoms with van der Waals surface area (Å²) in [7, 11) is 2.04. The van der Waals surface area contributed by atoms with Crippen LogP contribution in [-0.4, -0.2) is 30.5 Å². The van der Waals surface area contributed by atoms with Crippen LogP contribution in [0.5, 0.6) is 0 Å². The zero-order chi connectivity index (χ0) is 20.2. The van der Waals surface area contributed by atoms with Gasteiger partial charge in [-0.1, -0.05) is 110 Å². The molecular formula is C25H50ClNO. The summed E-state index contributed by atoms with van der Waals surface area (Å²) in [5, 5.41) is 0. The highest BCUT2D eigenvalue weighted by atomic mass is 35.5. The van der Waals surface area contributed by atoms with Gasteiger partial charge in [0.1, 0.15) is 6.54 Å². The van der Waals surface area contributed by atoms with E-state index in [1.165, 1.54) is 103 Å². The first-order valence-corrected chi connectivity index (χ1v) is 12.0. The Morgan fingerprint density at radius 2 is 1.04 bits per heavy atom. The molecule has 0 bridgehead atoms. The second kappa shape index (κ2) is 21.4. The van der Waals surface area contributed by atoms with Crippen LogP contribution in [0.2, 0.25) is 0 Å². The molecular weight excluding hydrogens is 366 g/mol. The largest absolute Gasteiger partial charge is 1.00 e. The van der Waals surface area contributed by atoms with Gasteiger partial charge in [0.15, 0.2) is 0 Å². The van der Waals surface area contributed by atoms with Crippen molar-refractivity contribution >= 4 is 5.91 Å². The molecule has 0 N–H and O–H groups in total. The zero-order valence-electron chi connectivity index (χ0n) is 19.5.